The minimum Gasteiger partial charge on any atom is -0.265 e. The van der Waals surface area contributed by atoms with Crippen LogP contribution in [0.25, 0.3) is 0 Å². The van der Waals surface area contributed by atoms with E-state index in [2.05, 4.69) is 28.2 Å². The van der Waals surface area contributed by atoms with E-state index in [1.165, 1.54) is 31.2 Å². The van der Waals surface area contributed by atoms with Crippen molar-refractivity contribution in [1.82, 2.24) is 4.98 Å². The van der Waals surface area contributed by atoms with Crippen LogP contribution in [0.3, 0.4) is 0 Å². The van der Waals surface area contributed by atoms with Crippen molar-refractivity contribution < 1.29 is 17.2 Å². The molecular weight excluding hydrogens is 242 g/mol. The smallest absolute Gasteiger partial charge is 0.265 e. The normalized spacial score (nSPS) is 10.5. The summed E-state index contributed by atoms with van der Waals surface area (Å²) in [4.78, 5) is 3.97. The molecule has 0 aliphatic carbocycles. The molecule has 1 aromatic heterocycles. The summed E-state index contributed by atoms with van der Waals surface area (Å²) in [6.07, 6.45) is 8.87. The summed E-state index contributed by atoms with van der Waals surface area (Å²) in [5.41, 5.74) is 1.41. The van der Waals surface area contributed by atoms with Crippen molar-refractivity contribution in [3.63, 3.8) is 0 Å². The Bertz CT molecular complexity index is 378. The molecule has 0 aliphatic heterocycles. The maximum absolute atomic E-state index is 9.33. The average Bonchev–Trinajstić information content (AvgIpc) is 2.31. The van der Waals surface area contributed by atoms with Gasteiger partial charge in [0.05, 0.1) is 7.11 Å². The van der Waals surface area contributed by atoms with E-state index in [4.69, 9.17) is 4.55 Å². The fourth-order valence-electron chi connectivity index (χ4n) is 1.13. The topological polar surface area (TPSA) is 76.5 Å². The number of nitrogens with zero attached hydrogens (tertiary/aromatic N) is 1. The highest BCUT2D eigenvalue weighted by molar-refractivity contribution is 7.80. The summed E-state index contributed by atoms with van der Waals surface area (Å²) in [5, 5.41) is 0. The molecule has 0 atom stereocenters. The van der Waals surface area contributed by atoms with Crippen LogP contribution in [-0.2, 0) is 21.0 Å². The Kier molecular flexibility index (Phi) is 8.57. The maximum Gasteiger partial charge on any atom is 0.397 e. The second-order valence-electron chi connectivity index (χ2n) is 3.41. The molecule has 0 radical (unpaired) electrons. The number of pyridine rings is 1. The Morgan fingerprint density at radius 1 is 1.29 bits per heavy atom. The van der Waals surface area contributed by atoms with Crippen LogP contribution < -0.4 is 0 Å². The van der Waals surface area contributed by atoms with Gasteiger partial charge in [0.1, 0.15) is 0 Å². The van der Waals surface area contributed by atoms with Crippen LogP contribution in [0.2, 0.25) is 0 Å². The van der Waals surface area contributed by atoms with E-state index >= 15 is 0 Å². The zero-order valence-corrected chi connectivity index (χ0v) is 11.0. The quantitative estimate of drug-likeness (QED) is 0.650. The molecule has 17 heavy (non-hydrogen) atoms. The van der Waals surface area contributed by atoms with Crippen molar-refractivity contribution in [1.29, 1.82) is 0 Å². The zero-order chi connectivity index (χ0) is 13.1. The van der Waals surface area contributed by atoms with Crippen LogP contribution in [-0.4, -0.2) is 25.1 Å². The first kappa shape index (κ1) is 16.0. The van der Waals surface area contributed by atoms with E-state index in [1.807, 2.05) is 12.4 Å². The van der Waals surface area contributed by atoms with Gasteiger partial charge < -0.3 is 0 Å². The van der Waals surface area contributed by atoms with Crippen molar-refractivity contribution in [2.24, 2.45) is 0 Å². The number of hydrogen-bond donors (Lipinski definition) is 1. The molecule has 0 saturated carbocycles. The molecule has 1 N–H and O–H groups in total. The van der Waals surface area contributed by atoms with Gasteiger partial charge in [-0.2, -0.15) is 8.42 Å². The average molecular weight is 261 g/mol. The Hall–Kier alpha value is -0.980. The van der Waals surface area contributed by atoms with Crippen molar-refractivity contribution in [3.8, 4) is 0 Å². The van der Waals surface area contributed by atoms with Gasteiger partial charge in [-0.15, -0.1) is 0 Å². The lowest BCUT2D eigenvalue weighted by atomic mass is 10.1. The number of unbranched alkanes of at least 4 members (excludes halogenated alkanes) is 2. The molecule has 0 amide bonds. The summed E-state index contributed by atoms with van der Waals surface area (Å²) in [6.45, 7) is 2.23. The largest absolute Gasteiger partial charge is 0.397 e. The Morgan fingerprint density at radius 3 is 2.24 bits per heavy atom. The van der Waals surface area contributed by atoms with Gasteiger partial charge in [0.25, 0.3) is 0 Å². The van der Waals surface area contributed by atoms with Gasteiger partial charge in [-0.1, -0.05) is 19.8 Å². The number of aromatic nitrogens is 1. The maximum atomic E-state index is 9.33. The lowest BCUT2D eigenvalue weighted by molar-refractivity contribution is 0.324. The van der Waals surface area contributed by atoms with E-state index < -0.39 is 10.4 Å². The third-order valence-electron chi connectivity index (χ3n) is 2.03. The SMILES string of the molecule is CCCCCc1ccncc1.COS(=O)(=O)O. The van der Waals surface area contributed by atoms with Gasteiger partial charge in [-0.3, -0.25) is 13.7 Å². The van der Waals surface area contributed by atoms with Gasteiger partial charge in [-0.25, -0.2) is 0 Å². The molecule has 0 unspecified atom stereocenters. The third-order valence-corrected chi connectivity index (χ3v) is 2.45. The summed E-state index contributed by atoms with van der Waals surface area (Å²) in [5.74, 6) is 0. The molecule has 0 fully saturated rings. The van der Waals surface area contributed by atoms with Crippen LogP contribution in [0.1, 0.15) is 31.7 Å². The molecule has 0 bridgehead atoms. The summed E-state index contributed by atoms with van der Waals surface area (Å²) in [6, 6.07) is 4.19. The Labute approximate surface area is 103 Å². The summed E-state index contributed by atoms with van der Waals surface area (Å²) >= 11 is 0. The molecular formula is C11H19NO4S. The Morgan fingerprint density at radius 2 is 1.82 bits per heavy atom. The van der Waals surface area contributed by atoms with Gasteiger partial charge in [0.15, 0.2) is 0 Å². The van der Waals surface area contributed by atoms with Crippen molar-refractivity contribution in [2.45, 2.75) is 32.6 Å². The van der Waals surface area contributed by atoms with Crippen molar-refractivity contribution in [2.75, 3.05) is 7.11 Å². The highest BCUT2D eigenvalue weighted by Gasteiger charge is 1.94. The van der Waals surface area contributed by atoms with Gasteiger partial charge >= 0.3 is 10.4 Å². The standard InChI is InChI=1S/C10H15N.CH4O4S/c1-2-3-4-5-10-6-8-11-9-7-10;1-5-6(2,3)4/h6-9H,2-5H2,1H3;1H3,(H,2,3,4). The van der Waals surface area contributed by atoms with Crippen LogP contribution in [0.15, 0.2) is 24.5 Å². The summed E-state index contributed by atoms with van der Waals surface area (Å²) < 4.78 is 29.7. The molecule has 1 rings (SSSR count). The van der Waals surface area contributed by atoms with Crippen LogP contribution >= 0.6 is 0 Å². The Balaban J connectivity index is 0.000000366. The van der Waals surface area contributed by atoms with Gasteiger partial charge in [0.2, 0.25) is 0 Å². The van der Waals surface area contributed by atoms with Crippen molar-refractivity contribution in [3.05, 3.63) is 30.1 Å². The number of aryl methyl sites for hydroxylation is 1. The highest BCUT2D eigenvalue weighted by atomic mass is 32.3. The first-order valence-corrected chi connectivity index (χ1v) is 6.78. The molecule has 6 heteroatoms. The number of hydrogen-bond acceptors (Lipinski definition) is 4. The second-order valence-corrected chi connectivity index (χ2v) is 4.60. The predicted octanol–water partition coefficient (Wildman–Crippen LogP) is 2.25. The molecule has 0 spiro atoms. The minimum atomic E-state index is -4.16. The number of rotatable bonds is 5. The molecule has 98 valence electrons. The molecule has 1 aromatic rings. The fourth-order valence-corrected chi connectivity index (χ4v) is 1.13. The fraction of sp³-hybridized carbons (Fsp3) is 0.545. The van der Waals surface area contributed by atoms with E-state index in [9.17, 15) is 8.42 Å². The molecule has 1 heterocycles. The minimum absolute atomic E-state index is 0.870. The van der Waals surface area contributed by atoms with Crippen LogP contribution in [0.5, 0.6) is 0 Å². The first-order chi connectivity index (χ1) is 7.99. The highest BCUT2D eigenvalue weighted by Crippen LogP contribution is 2.04. The van der Waals surface area contributed by atoms with E-state index in [-0.39, 0.29) is 0 Å². The van der Waals surface area contributed by atoms with Crippen molar-refractivity contribution >= 4 is 10.4 Å². The van der Waals surface area contributed by atoms with Crippen LogP contribution in [0.4, 0.5) is 0 Å². The lowest BCUT2D eigenvalue weighted by Gasteiger charge is -1.97. The zero-order valence-electron chi connectivity index (χ0n) is 10.2. The van der Waals surface area contributed by atoms with E-state index in [0.29, 0.717) is 0 Å². The van der Waals surface area contributed by atoms with E-state index in [1.54, 1.807) is 0 Å². The summed E-state index contributed by atoms with van der Waals surface area (Å²) in [7, 11) is -3.29. The molecule has 0 aliphatic rings. The monoisotopic (exact) mass is 261 g/mol. The molecule has 0 saturated heterocycles. The lowest BCUT2D eigenvalue weighted by Crippen LogP contribution is -1.96. The molecule has 5 nitrogen and oxygen atoms in total. The van der Waals surface area contributed by atoms with E-state index in [0.717, 1.165) is 7.11 Å². The van der Waals surface area contributed by atoms with Gasteiger partial charge in [-0.05, 0) is 30.5 Å². The predicted molar refractivity (Wildman–Crippen MR) is 66.0 cm³/mol. The molecule has 0 aromatic carbocycles. The van der Waals surface area contributed by atoms with Crippen LogP contribution in [0, 0.1) is 0 Å². The second kappa shape index (κ2) is 9.09. The first-order valence-electron chi connectivity index (χ1n) is 5.41. The third kappa shape index (κ3) is 11.3. The van der Waals surface area contributed by atoms with Gasteiger partial charge in [0, 0.05) is 12.4 Å².